The van der Waals surface area contributed by atoms with E-state index in [1.54, 1.807) is 25.1 Å². The standard InChI is InChI=1S/C20H19F2N3O5/c1-3-30-17(27)10-25-15-8-13(29-2)5-6-14(15)18(24-25)19(28)12-4-7-16(23-9-12)20(21,22)11-26/h4-9,26H,3,10-11H2,1-2H3. The number of alkyl halides is 2. The molecular formula is C20H19F2N3O5. The number of hydrogen-bond donors (Lipinski definition) is 1. The van der Waals surface area contributed by atoms with Crippen LogP contribution in [0.2, 0.25) is 0 Å². The zero-order valence-electron chi connectivity index (χ0n) is 16.3. The van der Waals surface area contributed by atoms with Crippen molar-refractivity contribution in [1.29, 1.82) is 0 Å². The molecule has 158 valence electrons. The molecule has 8 nitrogen and oxygen atoms in total. The van der Waals surface area contributed by atoms with Gasteiger partial charge in [0.2, 0.25) is 5.78 Å². The highest BCUT2D eigenvalue weighted by Gasteiger charge is 2.32. The number of rotatable bonds is 8. The molecule has 0 saturated carbocycles. The molecule has 0 spiro atoms. The lowest BCUT2D eigenvalue weighted by molar-refractivity contribution is -0.143. The first-order valence-electron chi connectivity index (χ1n) is 9.00. The highest BCUT2D eigenvalue weighted by atomic mass is 19.3. The van der Waals surface area contributed by atoms with Crippen molar-refractivity contribution in [2.24, 2.45) is 0 Å². The van der Waals surface area contributed by atoms with E-state index in [4.69, 9.17) is 14.6 Å². The SMILES string of the molecule is CCOC(=O)Cn1nc(C(=O)c2ccc(C(F)(F)CO)nc2)c2ccc(OC)cc21. The average molecular weight is 419 g/mol. The number of aliphatic hydroxyl groups is 1. The summed E-state index contributed by atoms with van der Waals surface area (Å²) >= 11 is 0. The molecule has 1 aromatic carbocycles. The number of aliphatic hydroxyl groups excluding tert-OH is 1. The van der Waals surface area contributed by atoms with Gasteiger partial charge in [0.05, 0.1) is 19.2 Å². The second kappa shape index (κ2) is 8.54. The van der Waals surface area contributed by atoms with Crippen LogP contribution in [0.3, 0.4) is 0 Å². The van der Waals surface area contributed by atoms with E-state index in [1.807, 2.05) is 0 Å². The second-order valence-corrected chi connectivity index (χ2v) is 6.32. The summed E-state index contributed by atoms with van der Waals surface area (Å²) in [6.45, 7) is 0.264. The number of benzene rings is 1. The van der Waals surface area contributed by atoms with Gasteiger partial charge in [-0.05, 0) is 31.2 Å². The zero-order valence-corrected chi connectivity index (χ0v) is 16.3. The Morgan fingerprint density at radius 2 is 2.00 bits per heavy atom. The van der Waals surface area contributed by atoms with Crippen LogP contribution >= 0.6 is 0 Å². The van der Waals surface area contributed by atoms with Crippen LogP contribution in [0.4, 0.5) is 8.78 Å². The summed E-state index contributed by atoms with van der Waals surface area (Å²) in [6.07, 6.45) is 1.00. The number of methoxy groups -OCH3 is 1. The van der Waals surface area contributed by atoms with E-state index >= 15 is 0 Å². The average Bonchev–Trinajstić information content (AvgIpc) is 3.10. The predicted molar refractivity (Wildman–Crippen MR) is 102 cm³/mol. The van der Waals surface area contributed by atoms with Gasteiger partial charge in [0.1, 0.15) is 30.3 Å². The van der Waals surface area contributed by atoms with Crippen molar-refractivity contribution >= 4 is 22.7 Å². The van der Waals surface area contributed by atoms with Gasteiger partial charge in [-0.1, -0.05) is 0 Å². The molecule has 0 bridgehead atoms. The highest BCUT2D eigenvalue weighted by molar-refractivity contribution is 6.14. The molecule has 3 aromatic rings. The van der Waals surface area contributed by atoms with Crippen molar-refractivity contribution in [3.8, 4) is 5.75 Å². The van der Waals surface area contributed by atoms with E-state index in [9.17, 15) is 18.4 Å². The highest BCUT2D eigenvalue weighted by Crippen LogP contribution is 2.28. The summed E-state index contributed by atoms with van der Waals surface area (Å²) in [5, 5.41) is 13.5. The van der Waals surface area contributed by atoms with Crippen LogP contribution in [0.15, 0.2) is 36.5 Å². The zero-order chi connectivity index (χ0) is 21.9. The Balaban J connectivity index is 2.02. The third-order valence-corrected chi connectivity index (χ3v) is 4.36. The Kier molecular flexibility index (Phi) is 6.06. The third kappa shape index (κ3) is 4.13. The summed E-state index contributed by atoms with van der Waals surface area (Å²) in [5.41, 5.74) is -0.113. The Labute approximate surface area is 170 Å². The third-order valence-electron chi connectivity index (χ3n) is 4.36. The smallest absolute Gasteiger partial charge is 0.327 e. The quantitative estimate of drug-likeness (QED) is 0.441. The molecule has 30 heavy (non-hydrogen) atoms. The van der Waals surface area contributed by atoms with Gasteiger partial charge in [-0.15, -0.1) is 0 Å². The summed E-state index contributed by atoms with van der Waals surface area (Å²) < 4.78 is 38.5. The van der Waals surface area contributed by atoms with Gasteiger partial charge in [0, 0.05) is 23.2 Å². The number of carbonyl (C=O) groups is 2. The fourth-order valence-electron chi connectivity index (χ4n) is 2.86. The Morgan fingerprint density at radius 1 is 1.23 bits per heavy atom. The van der Waals surface area contributed by atoms with Crippen molar-refractivity contribution < 1.29 is 33.0 Å². The normalized spacial score (nSPS) is 11.5. The van der Waals surface area contributed by atoms with E-state index in [0.29, 0.717) is 16.7 Å². The first-order valence-corrected chi connectivity index (χ1v) is 9.00. The molecule has 1 N–H and O–H groups in total. The Bertz CT molecular complexity index is 1080. The maximum Gasteiger partial charge on any atom is 0.327 e. The molecule has 2 heterocycles. The van der Waals surface area contributed by atoms with Gasteiger partial charge in [0.25, 0.3) is 0 Å². The molecule has 0 aliphatic heterocycles. The largest absolute Gasteiger partial charge is 0.497 e. The van der Waals surface area contributed by atoms with Crippen LogP contribution in [-0.2, 0) is 22.0 Å². The molecule has 0 saturated heterocycles. The molecule has 0 fully saturated rings. The number of hydrogen-bond acceptors (Lipinski definition) is 7. The van der Waals surface area contributed by atoms with Crippen molar-refractivity contribution in [3.63, 3.8) is 0 Å². The van der Waals surface area contributed by atoms with Gasteiger partial charge in [-0.25, -0.2) is 0 Å². The van der Waals surface area contributed by atoms with Crippen molar-refractivity contribution in [2.75, 3.05) is 20.3 Å². The van der Waals surface area contributed by atoms with Crippen LogP contribution in [0.25, 0.3) is 10.9 Å². The van der Waals surface area contributed by atoms with E-state index in [1.165, 1.54) is 17.9 Å². The Hall–Kier alpha value is -3.40. The monoisotopic (exact) mass is 419 g/mol. The molecule has 2 aromatic heterocycles. The summed E-state index contributed by atoms with van der Waals surface area (Å²) in [6, 6.07) is 7.05. The number of pyridine rings is 1. The maximum absolute atomic E-state index is 13.5. The summed E-state index contributed by atoms with van der Waals surface area (Å²) in [7, 11) is 1.48. The van der Waals surface area contributed by atoms with Crippen molar-refractivity contribution in [1.82, 2.24) is 14.8 Å². The van der Waals surface area contributed by atoms with Crippen LogP contribution in [0.1, 0.15) is 28.7 Å². The number of esters is 1. The van der Waals surface area contributed by atoms with Crippen LogP contribution in [-0.4, -0.2) is 51.9 Å². The second-order valence-electron chi connectivity index (χ2n) is 6.32. The fraction of sp³-hybridized carbons (Fsp3) is 0.300. The first-order chi connectivity index (χ1) is 14.3. The molecular weight excluding hydrogens is 400 g/mol. The number of aromatic nitrogens is 3. The number of ether oxygens (including phenoxy) is 2. The number of nitrogens with zero attached hydrogens (tertiary/aromatic N) is 3. The minimum atomic E-state index is -3.51. The van der Waals surface area contributed by atoms with Crippen LogP contribution in [0.5, 0.6) is 5.75 Å². The summed E-state index contributed by atoms with van der Waals surface area (Å²) in [4.78, 5) is 28.5. The van der Waals surface area contributed by atoms with Gasteiger partial charge >= 0.3 is 11.9 Å². The minimum absolute atomic E-state index is 0.0282. The van der Waals surface area contributed by atoms with E-state index < -0.39 is 30.0 Å². The van der Waals surface area contributed by atoms with Crippen molar-refractivity contribution in [3.05, 3.63) is 53.5 Å². The molecule has 0 aliphatic rings. The lowest BCUT2D eigenvalue weighted by atomic mass is 10.1. The molecule has 0 radical (unpaired) electrons. The van der Waals surface area contributed by atoms with Gasteiger partial charge < -0.3 is 14.6 Å². The molecule has 0 atom stereocenters. The lowest BCUT2D eigenvalue weighted by Crippen LogP contribution is -2.20. The fourth-order valence-corrected chi connectivity index (χ4v) is 2.86. The molecule has 0 aliphatic carbocycles. The van der Waals surface area contributed by atoms with Crippen molar-refractivity contribution in [2.45, 2.75) is 19.4 Å². The van der Waals surface area contributed by atoms with Gasteiger partial charge in [-0.3, -0.25) is 19.3 Å². The predicted octanol–water partition coefficient (Wildman–Crippen LogP) is 2.32. The van der Waals surface area contributed by atoms with Gasteiger partial charge in [0.15, 0.2) is 0 Å². The van der Waals surface area contributed by atoms with E-state index in [0.717, 1.165) is 12.3 Å². The molecule has 3 rings (SSSR count). The van der Waals surface area contributed by atoms with Gasteiger partial charge in [-0.2, -0.15) is 13.9 Å². The minimum Gasteiger partial charge on any atom is -0.497 e. The number of ketones is 1. The molecule has 0 amide bonds. The summed E-state index contributed by atoms with van der Waals surface area (Å²) in [5.74, 6) is -4.09. The van der Waals surface area contributed by atoms with E-state index in [2.05, 4.69) is 10.1 Å². The lowest BCUT2D eigenvalue weighted by Gasteiger charge is -2.12. The number of carbonyl (C=O) groups excluding carboxylic acids is 2. The number of fused-ring (bicyclic) bond motifs is 1. The Morgan fingerprint density at radius 3 is 2.60 bits per heavy atom. The molecule has 10 heteroatoms. The first kappa shape index (κ1) is 21.3. The van der Waals surface area contributed by atoms with Crippen LogP contribution < -0.4 is 4.74 Å². The van der Waals surface area contributed by atoms with Crippen LogP contribution in [0, 0.1) is 0 Å². The van der Waals surface area contributed by atoms with E-state index in [-0.39, 0.29) is 24.4 Å². The maximum atomic E-state index is 13.5. The molecule has 0 unspecified atom stereocenters. The number of halogens is 2. The topological polar surface area (TPSA) is 104 Å².